The molecule has 0 aliphatic carbocycles. The Bertz CT molecular complexity index is 980. The average molecular weight is 358 g/mol. The quantitative estimate of drug-likeness (QED) is 0.475. The summed E-state index contributed by atoms with van der Waals surface area (Å²) < 4.78 is 2.09. The number of aromatic nitrogens is 4. The zero-order valence-electron chi connectivity index (χ0n) is 14.4. The minimum atomic E-state index is 0.860. The Hall–Kier alpha value is -2.92. The lowest BCUT2D eigenvalue weighted by Gasteiger charge is -2.10. The summed E-state index contributed by atoms with van der Waals surface area (Å²) in [5.41, 5.74) is 3.35. The van der Waals surface area contributed by atoms with Crippen LogP contribution in [0.15, 0.2) is 84.0 Å². The summed E-state index contributed by atoms with van der Waals surface area (Å²) in [5, 5.41) is 8.63. The summed E-state index contributed by atoms with van der Waals surface area (Å²) in [6.45, 7) is 1.98. The van der Waals surface area contributed by atoms with Gasteiger partial charge in [-0.1, -0.05) is 36.4 Å². The van der Waals surface area contributed by atoms with Crippen LogP contribution < -0.4 is 0 Å². The summed E-state index contributed by atoms with van der Waals surface area (Å²) in [6, 6.07) is 22.7. The average Bonchev–Trinajstić information content (AvgIpc) is 3.10. The minimum Gasteiger partial charge on any atom is -0.279 e. The van der Waals surface area contributed by atoms with E-state index in [1.54, 1.807) is 18.0 Å². The minimum absolute atomic E-state index is 0.860. The number of hydrogen-bond acceptors (Lipinski definition) is 4. The number of aryl methyl sites for hydroxylation is 1. The molecule has 4 rings (SSSR count). The van der Waals surface area contributed by atoms with E-state index in [0.29, 0.717) is 0 Å². The Morgan fingerprint density at radius 3 is 2.42 bits per heavy atom. The van der Waals surface area contributed by atoms with Crippen LogP contribution in [0.4, 0.5) is 0 Å². The molecule has 0 aliphatic heterocycles. The predicted octanol–water partition coefficient (Wildman–Crippen LogP) is 4.93. The van der Waals surface area contributed by atoms with Crippen molar-refractivity contribution in [2.45, 2.75) is 17.6 Å². The molecule has 0 N–H and O–H groups in total. The molecular formula is C21H18N4S. The van der Waals surface area contributed by atoms with Crippen LogP contribution >= 0.6 is 11.8 Å². The Balaban J connectivity index is 1.57. The maximum absolute atomic E-state index is 4.36. The number of rotatable bonds is 5. The number of benzene rings is 2. The Morgan fingerprint density at radius 1 is 0.885 bits per heavy atom. The molecule has 0 spiro atoms. The third kappa shape index (κ3) is 3.53. The molecule has 0 unspecified atom stereocenters. The molecule has 2 heterocycles. The van der Waals surface area contributed by atoms with E-state index >= 15 is 0 Å². The third-order valence-electron chi connectivity index (χ3n) is 4.08. The van der Waals surface area contributed by atoms with Crippen LogP contribution in [-0.4, -0.2) is 19.7 Å². The van der Waals surface area contributed by atoms with Gasteiger partial charge in [-0.15, -0.1) is 22.0 Å². The topological polar surface area (TPSA) is 43.6 Å². The maximum Gasteiger partial charge on any atom is 0.168 e. The monoisotopic (exact) mass is 358 g/mol. The third-order valence-corrected chi connectivity index (χ3v) is 5.16. The largest absolute Gasteiger partial charge is 0.279 e. The van der Waals surface area contributed by atoms with E-state index in [1.807, 2.05) is 37.4 Å². The lowest BCUT2D eigenvalue weighted by molar-refractivity contribution is 0.970. The molecule has 0 saturated heterocycles. The van der Waals surface area contributed by atoms with Crippen LogP contribution in [0.2, 0.25) is 0 Å². The number of pyridine rings is 1. The van der Waals surface area contributed by atoms with Crippen molar-refractivity contribution in [3.63, 3.8) is 0 Å². The van der Waals surface area contributed by atoms with Gasteiger partial charge in [0.05, 0.1) is 0 Å². The first-order valence-electron chi connectivity index (χ1n) is 8.41. The fraction of sp³-hybridized carbons (Fsp3) is 0.0952. The Labute approximate surface area is 157 Å². The summed E-state index contributed by atoms with van der Waals surface area (Å²) in [5.74, 6) is 2.65. The summed E-state index contributed by atoms with van der Waals surface area (Å²) in [7, 11) is 0. The number of hydrogen-bond donors (Lipinski definition) is 0. The molecule has 128 valence electrons. The van der Waals surface area contributed by atoms with Crippen LogP contribution in [-0.2, 0) is 5.75 Å². The highest BCUT2D eigenvalue weighted by atomic mass is 32.2. The summed E-state index contributed by atoms with van der Waals surface area (Å²) >= 11 is 1.80. The highest BCUT2D eigenvalue weighted by Crippen LogP contribution is 2.26. The van der Waals surface area contributed by atoms with Crippen molar-refractivity contribution in [3.05, 3.63) is 90.5 Å². The smallest absolute Gasteiger partial charge is 0.168 e. The fourth-order valence-electron chi connectivity index (χ4n) is 2.79. The van der Waals surface area contributed by atoms with Gasteiger partial charge in [0.15, 0.2) is 5.82 Å². The lowest BCUT2D eigenvalue weighted by atomic mass is 10.2. The predicted molar refractivity (Wildman–Crippen MR) is 105 cm³/mol. The fourth-order valence-corrected chi connectivity index (χ4v) is 3.62. The van der Waals surface area contributed by atoms with Gasteiger partial charge < -0.3 is 0 Å². The maximum atomic E-state index is 4.36. The van der Waals surface area contributed by atoms with E-state index in [0.717, 1.165) is 28.7 Å². The molecular weight excluding hydrogens is 340 g/mol. The van der Waals surface area contributed by atoms with Gasteiger partial charge in [-0.25, -0.2) is 0 Å². The van der Waals surface area contributed by atoms with Crippen molar-refractivity contribution in [3.8, 4) is 17.1 Å². The molecule has 0 saturated carbocycles. The van der Waals surface area contributed by atoms with Crippen LogP contribution in [0, 0.1) is 6.92 Å². The standard InChI is InChI=1S/C21H18N4S/c1-16-23-24-21(18-7-3-2-4-8-18)25(16)19-9-11-20(12-10-19)26-15-17-6-5-13-22-14-17/h2-14H,15H2,1H3. The first-order chi connectivity index (χ1) is 12.8. The molecule has 0 atom stereocenters. The lowest BCUT2D eigenvalue weighted by Crippen LogP contribution is -1.99. The van der Waals surface area contributed by atoms with Crippen LogP contribution in [0.25, 0.3) is 17.1 Å². The molecule has 0 amide bonds. The van der Waals surface area contributed by atoms with E-state index in [4.69, 9.17) is 0 Å². The van der Waals surface area contributed by atoms with Crippen LogP contribution in [0.1, 0.15) is 11.4 Å². The molecule has 4 aromatic rings. The van der Waals surface area contributed by atoms with Gasteiger partial charge >= 0.3 is 0 Å². The van der Waals surface area contributed by atoms with Crippen molar-refractivity contribution in [2.24, 2.45) is 0 Å². The van der Waals surface area contributed by atoms with E-state index in [9.17, 15) is 0 Å². The molecule has 0 aliphatic rings. The zero-order chi connectivity index (χ0) is 17.8. The molecule has 2 aromatic carbocycles. The van der Waals surface area contributed by atoms with Gasteiger partial charge in [0, 0.05) is 34.3 Å². The van der Waals surface area contributed by atoms with Gasteiger partial charge in [0.25, 0.3) is 0 Å². The first-order valence-corrected chi connectivity index (χ1v) is 9.39. The molecule has 0 bridgehead atoms. The van der Waals surface area contributed by atoms with E-state index < -0.39 is 0 Å². The molecule has 2 aromatic heterocycles. The highest BCUT2D eigenvalue weighted by Gasteiger charge is 2.12. The van der Waals surface area contributed by atoms with Crippen molar-refractivity contribution >= 4 is 11.8 Å². The number of thioether (sulfide) groups is 1. The van der Waals surface area contributed by atoms with Crippen molar-refractivity contribution < 1.29 is 0 Å². The second-order valence-corrected chi connectivity index (χ2v) is 6.96. The highest BCUT2D eigenvalue weighted by molar-refractivity contribution is 7.98. The molecule has 0 fully saturated rings. The SMILES string of the molecule is Cc1nnc(-c2ccccc2)n1-c1ccc(SCc2cccnc2)cc1. The van der Waals surface area contributed by atoms with E-state index in [2.05, 4.69) is 62.2 Å². The normalized spacial score (nSPS) is 10.8. The van der Waals surface area contributed by atoms with Gasteiger partial charge in [-0.3, -0.25) is 9.55 Å². The molecule has 26 heavy (non-hydrogen) atoms. The zero-order valence-corrected chi connectivity index (χ0v) is 15.2. The summed E-state index contributed by atoms with van der Waals surface area (Å²) in [6.07, 6.45) is 3.71. The van der Waals surface area contributed by atoms with Crippen molar-refractivity contribution in [1.29, 1.82) is 0 Å². The Morgan fingerprint density at radius 2 is 1.69 bits per heavy atom. The molecule has 0 radical (unpaired) electrons. The van der Waals surface area contributed by atoms with Crippen molar-refractivity contribution in [1.82, 2.24) is 19.7 Å². The van der Waals surface area contributed by atoms with E-state index in [-0.39, 0.29) is 0 Å². The van der Waals surface area contributed by atoms with Crippen LogP contribution in [0.3, 0.4) is 0 Å². The van der Waals surface area contributed by atoms with Crippen molar-refractivity contribution in [2.75, 3.05) is 0 Å². The van der Waals surface area contributed by atoms with Gasteiger partial charge in [0.2, 0.25) is 0 Å². The molecule has 5 heteroatoms. The number of nitrogens with zero attached hydrogens (tertiary/aromatic N) is 4. The second kappa shape index (κ2) is 7.54. The molecule has 4 nitrogen and oxygen atoms in total. The van der Waals surface area contributed by atoms with Gasteiger partial charge in [-0.2, -0.15) is 0 Å². The first kappa shape index (κ1) is 16.5. The second-order valence-electron chi connectivity index (χ2n) is 5.92. The Kier molecular flexibility index (Phi) is 4.80. The van der Waals surface area contributed by atoms with E-state index in [1.165, 1.54) is 10.5 Å². The van der Waals surface area contributed by atoms with Gasteiger partial charge in [0.1, 0.15) is 5.82 Å². The van der Waals surface area contributed by atoms with Crippen LogP contribution in [0.5, 0.6) is 0 Å². The summed E-state index contributed by atoms with van der Waals surface area (Å²) in [4.78, 5) is 5.39. The van der Waals surface area contributed by atoms with Gasteiger partial charge in [-0.05, 0) is 42.8 Å².